The van der Waals surface area contributed by atoms with Crippen LogP contribution < -0.4 is 5.32 Å². The summed E-state index contributed by atoms with van der Waals surface area (Å²) in [6.07, 6.45) is 2.20. The molecule has 0 spiro atoms. The first-order valence-corrected chi connectivity index (χ1v) is 9.07. The Kier molecular flexibility index (Phi) is 4.67. The van der Waals surface area contributed by atoms with Gasteiger partial charge in [-0.1, -0.05) is 42.0 Å². The van der Waals surface area contributed by atoms with Crippen molar-refractivity contribution < 1.29 is 9.53 Å². The lowest BCUT2D eigenvalue weighted by atomic mass is 10.0. The van der Waals surface area contributed by atoms with Gasteiger partial charge in [-0.15, -0.1) is 0 Å². The molecule has 1 fully saturated rings. The second-order valence-corrected chi connectivity index (χ2v) is 6.79. The van der Waals surface area contributed by atoms with E-state index in [2.05, 4.69) is 5.32 Å². The molecule has 2 heterocycles. The van der Waals surface area contributed by atoms with E-state index in [-0.39, 0.29) is 12.0 Å². The van der Waals surface area contributed by atoms with Crippen molar-refractivity contribution in [1.29, 1.82) is 0 Å². The quantitative estimate of drug-likeness (QED) is 0.773. The summed E-state index contributed by atoms with van der Waals surface area (Å²) in [6, 6.07) is 17.9. The lowest BCUT2D eigenvalue weighted by molar-refractivity contribution is 0.0859. The molecule has 1 atom stereocenters. The molecule has 4 heteroatoms. The molecule has 0 unspecified atom stereocenters. The molecule has 1 aromatic heterocycles. The van der Waals surface area contributed by atoms with Crippen molar-refractivity contribution in [2.45, 2.75) is 25.9 Å². The minimum absolute atomic E-state index is 0.0734. The summed E-state index contributed by atoms with van der Waals surface area (Å²) in [5.41, 5.74) is 4.42. The van der Waals surface area contributed by atoms with Crippen LogP contribution in [-0.2, 0) is 4.74 Å². The first-order valence-electron chi connectivity index (χ1n) is 9.07. The van der Waals surface area contributed by atoms with Crippen LogP contribution in [-0.4, -0.2) is 30.1 Å². The number of hydrogen-bond donors (Lipinski definition) is 1. The number of fused-ring (bicyclic) bond motifs is 1. The number of pyridine rings is 1. The molecular formula is C22H22N2O2. The zero-order valence-corrected chi connectivity index (χ0v) is 14.9. The molecule has 1 amide bonds. The maximum Gasteiger partial charge on any atom is 0.252 e. The van der Waals surface area contributed by atoms with Gasteiger partial charge in [-0.05, 0) is 38.0 Å². The average Bonchev–Trinajstić information content (AvgIpc) is 3.19. The van der Waals surface area contributed by atoms with Crippen molar-refractivity contribution in [1.82, 2.24) is 10.3 Å². The Bertz CT molecular complexity index is 932. The Morgan fingerprint density at radius 2 is 2.04 bits per heavy atom. The zero-order chi connectivity index (χ0) is 17.9. The topological polar surface area (TPSA) is 51.2 Å². The molecule has 1 saturated heterocycles. The van der Waals surface area contributed by atoms with E-state index in [0.29, 0.717) is 12.1 Å². The predicted octanol–water partition coefficient (Wildman–Crippen LogP) is 4.12. The molecule has 26 heavy (non-hydrogen) atoms. The van der Waals surface area contributed by atoms with Gasteiger partial charge in [-0.25, -0.2) is 4.98 Å². The number of carbonyl (C=O) groups excluding carboxylic acids is 1. The number of aryl methyl sites for hydroxylation is 1. The number of nitrogens with one attached hydrogen (secondary N) is 1. The van der Waals surface area contributed by atoms with E-state index >= 15 is 0 Å². The van der Waals surface area contributed by atoms with E-state index in [1.807, 2.05) is 61.5 Å². The summed E-state index contributed by atoms with van der Waals surface area (Å²) in [4.78, 5) is 17.7. The van der Waals surface area contributed by atoms with Crippen LogP contribution in [0.5, 0.6) is 0 Å². The third-order valence-corrected chi connectivity index (χ3v) is 4.79. The monoisotopic (exact) mass is 346 g/mol. The number of hydrogen-bond acceptors (Lipinski definition) is 3. The van der Waals surface area contributed by atoms with E-state index in [4.69, 9.17) is 9.72 Å². The van der Waals surface area contributed by atoms with Gasteiger partial charge >= 0.3 is 0 Å². The van der Waals surface area contributed by atoms with Crippen LogP contribution in [0.2, 0.25) is 0 Å². The van der Waals surface area contributed by atoms with Crippen molar-refractivity contribution in [2.24, 2.45) is 0 Å². The van der Waals surface area contributed by atoms with Crippen molar-refractivity contribution >= 4 is 16.8 Å². The third kappa shape index (κ3) is 3.46. The fourth-order valence-electron chi connectivity index (χ4n) is 3.39. The standard InChI is InChI=1S/C22H22N2O2/c1-15-9-10-20-18(12-15)19(22(25)23-14-17-8-5-11-26-17)13-21(24-20)16-6-3-2-4-7-16/h2-4,6-7,9-10,12-13,17H,5,8,11,14H2,1H3,(H,23,25)/t17-/m1/s1. The van der Waals surface area contributed by atoms with Gasteiger partial charge < -0.3 is 10.1 Å². The normalized spacial score (nSPS) is 16.7. The second-order valence-electron chi connectivity index (χ2n) is 6.79. The van der Waals surface area contributed by atoms with Gasteiger partial charge in [0.25, 0.3) is 5.91 Å². The molecule has 1 aliphatic heterocycles. The van der Waals surface area contributed by atoms with E-state index < -0.39 is 0 Å². The molecular weight excluding hydrogens is 324 g/mol. The SMILES string of the molecule is Cc1ccc2nc(-c3ccccc3)cc(C(=O)NC[C@H]3CCCO3)c2c1. The van der Waals surface area contributed by atoms with Crippen LogP contribution in [0.1, 0.15) is 28.8 Å². The number of rotatable bonds is 4. The van der Waals surface area contributed by atoms with Crippen LogP contribution >= 0.6 is 0 Å². The minimum atomic E-state index is -0.0734. The zero-order valence-electron chi connectivity index (χ0n) is 14.9. The first-order chi connectivity index (χ1) is 12.7. The molecule has 4 nitrogen and oxygen atoms in total. The molecule has 0 bridgehead atoms. The lowest BCUT2D eigenvalue weighted by Gasteiger charge is -2.13. The number of aromatic nitrogens is 1. The summed E-state index contributed by atoms with van der Waals surface area (Å²) in [7, 11) is 0. The van der Waals surface area contributed by atoms with Crippen LogP contribution in [0.15, 0.2) is 54.6 Å². The Balaban J connectivity index is 1.72. The van der Waals surface area contributed by atoms with Crippen LogP contribution in [0.25, 0.3) is 22.2 Å². The minimum Gasteiger partial charge on any atom is -0.376 e. The van der Waals surface area contributed by atoms with Gasteiger partial charge in [-0.2, -0.15) is 0 Å². The van der Waals surface area contributed by atoms with E-state index in [0.717, 1.165) is 47.2 Å². The van der Waals surface area contributed by atoms with E-state index in [1.54, 1.807) is 0 Å². The number of nitrogens with zero attached hydrogens (tertiary/aromatic N) is 1. The summed E-state index contributed by atoms with van der Waals surface area (Å²) in [5, 5.41) is 3.92. The fourth-order valence-corrected chi connectivity index (χ4v) is 3.39. The fraction of sp³-hybridized carbons (Fsp3) is 0.273. The molecule has 0 aliphatic carbocycles. The Labute approximate surface area is 153 Å². The Morgan fingerprint density at radius 1 is 1.19 bits per heavy atom. The van der Waals surface area contributed by atoms with Gasteiger partial charge in [-0.3, -0.25) is 4.79 Å². The molecule has 1 aliphatic rings. The number of ether oxygens (including phenoxy) is 1. The Hall–Kier alpha value is -2.72. The molecule has 1 N–H and O–H groups in total. The molecule has 0 saturated carbocycles. The van der Waals surface area contributed by atoms with Crippen molar-refractivity contribution in [3.63, 3.8) is 0 Å². The predicted molar refractivity (Wildman–Crippen MR) is 103 cm³/mol. The Morgan fingerprint density at radius 3 is 2.81 bits per heavy atom. The van der Waals surface area contributed by atoms with E-state index in [1.165, 1.54) is 0 Å². The smallest absolute Gasteiger partial charge is 0.252 e. The lowest BCUT2D eigenvalue weighted by Crippen LogP contribution is -2.32. The number of amides is 1. The summed E-state index contributed by atoms with van der Waals surface area (Å²) >= 11 is 0. The maximum atomic E-state index is 12.9. The van der Waals surface area contributed by atoms with E-state index in [9.17, 15) is 4.79 Å². The van der Waals surface area contributed by atoms with Crippen LogP contribution in [0, 0.1) is 6.92 Å². The van der Waals surface area contributed by atoms with Crippen molar-refractivity contribution in [2.75, 3.05) is 13.2 Å². The molecule has 4 rings (SSSR count). The third-order valence-electron chi connectivity index (χ3n) is 4.79. The van der Waals surface area contributed by atoms with Gasteiger partial charge in [0.2, 0.25) is 0 Å². The highest BCUT2D eigenvalue weighted by Crippen LogP contribution is 2.25. The largest absolute Gasteiger partial charge is 0.376 e. The highest BCUT2D eigenvalue weighted by Gasteiger charge is 2.19. The van der Waals surface area contributed by atoms with Gasteiger partial charge in [0.15, 0.2) is 0 Å². The summed E-state index contributed by atoms with van der Waals surface area (Å²) in [5.74, 6) is -0.0734. The van der Waals surface area contributed by atoms with Gasteiger partial charge in [0.05, 0.1) is 22.9 Å². The van der Waals surface area contributed by atoms with Gasteiger partial charge in [0, 0.05) is 24.1 Å². The van der Waals surface area contributed by atoms with Crippen LogP contribution in [0.3, 0.4) is 0 Å². The molecule has 3 aromatic rings. The summed E-state index contributed by atoms with van der Waals surface area (Å²) < 4.78 is 5.61. The molecule has 132 valence electrons. The highest BCUT2D eigenvalue weighted by molar-refractivity contribution is 6.07. The average molecular weight is 346 g/mol. The van der Waals surface area contributed by atoms with Crippen molar-refractivity contribution in [3.8, 4) is 11.3 Å². The number of carbonyl (C=O) groups is 1. The number of benzene rings is 2. The highest BCUT2D eigenvalue weighted by atomic mass is 16.5. The molecule has 2 aromatic carbocycles. The molecule has 0 radical (unpaired) electrons. The van der Waals surface area contributed by atoms with Gasteiger partial charge in [0.1, 0.15) is 0 Å². The maximum absolute atomic E-state index is 12.9. The first kappa shape index (κ1) is 16.7. The van der Waals surface area contributed by atoms with Crippen LogP contribution in [0.4, 0.5) is 0 Å². The summed E-state index contributed by atoms with van der Waals surface area (Å²) in [6.45, 7) is 3.36. The second kappa shape index (κ2) is 7.26. The van der Waals surface area contributed by atoms with Crippen molar-refractivity contribution in [3.05, 3.63) is 65.7 Å².